The molecule has 0 atom stereocenters. The molecule has 5 nitrogen and oxygen atoms in total. The smallest absolute Gasteiger partial charge is 0.233 e. The fraction of sp³-hybridized carbons (Fsp3) is 0.857. The Morgan fingerprint density at radius 3 is 2.42 bits per heavy atom. The van der Waals surface area contributed by atoms with Gasteiger partial charge in [0.15, 0.2) is 5.84 Å². The maximum absolute atomic E-state index is 12.5. The molecule has 2 saturated carbocycles. The largest absolute Gasteiger partial charge is 0.409 e. The van der Waals surface area contributed by atoms with Crippen molar-refractivity contribution in [3.63, 3.8) is 0 Å². The second-order valence-electron chi connectivity index (χ2n) is 5.99. The van der Waals surface area contributed by atoms with Crippen LogP contribution in [0.5, 0.6) is 0 Å². The first-order chi connectivity index (χ1) is 9.19. The van der Waals surface area contributed by atoms with Crippen LogP contribution < -0.4 is 11.1 Å². The van der Waals surface area contributed by atoms with Gasteiger partial charge in [-0.05, 0) is 31.6 Å². The Hall–Kier alpha value is -1.26. The molecular formula is C14H25N3O2. The van der Waals surface area contributed by atoms with Crippen molar-refractivity contribution in [2.45, 2.75) is 57.8 Å². The van der Waals surface area contributed by atoms with Gasteiger partial charge in [-0.25, -0.2) is 0 Å². The molecule has 2 aliphatic rings. The van der Waals surface area contributed by atoms with Crippen LogP contribution in [0.3, 0.4) is 0 Å². The summed E-state index contributed by atoms with van der Waals surface area (Å²) in [7, 11) is 0. The number of hydrogen-bond donors (Lipinski definition) is 3. The van der Waals surface area contributed by atoms with Crippen LogP contribution in [0.4, 0.5) is 0 Å². The zero-order chi connectivity index (χ0) is 13.7. The minimum absolute atomic E-state index is 0.0469. The summed E-state index contributed by atoms with van der Waals surface area (Å²) >= 11 is 0. The van der Waals surface area contributed by atoms with Crippen molar-refractivity contribution in [3.8, 4) is 0 Å². The number of nitrogens with zero attached hydrogens (tertiary/aromatic N) is 1. The van der Waals surface area contributed by atoms with Gasteiger partial charge in [0, 0.05) is 6.54 Å². The Kier molecular flexibility index (Phi) is 4.66. The molecule has 19 heavy (non-hydrogen) atoms. The Morgan fingerprint density at radius 2 is 1.84 bits per heavy atom. The number of rotatable bonds is 4. The van der Waals surface area contributed by atoms with Crippen LogP contribution in [-0.4, -0.2) is 23.5 Å². The number of amides is 1. The summed E-state index contributed by atoms with van der Waals surface area (Å²) in [5.41, 5.74) is 5.03. The predicted molar refractivity (Wildman–Crippen MR) is 73.9 cm³/mol. The molecule has 0 aromatic rings. The third kappa shape index (κ3) is 3.01. The van der Waals surface area contributed by atoms with E-state index >= 15 is 0 Å². The fourth-order valence-corrected chi connectivity index (χ4v) is 3.47. The van der Waals surface area contributed by atoms with Gasteiger partial charge in [0.05, 0.1) is 0 Å². The number of amidine groups is 1. The highest BCUT2D eigenvalue weighted by Gasteiger charge is 2.43. The molecule has 0 unspecified atom stereocenters. The lowest BCUT2D eigenvalue weighted by Gasteiger charge is -2.34. The van der Waals surface area contributed by atoms with Crippen LogP contribution in [0.25, 0.3) is 0 Å². The van der Waals surface area contributed by atoms with Crippen molar-refractivity contribution in [1.29, 1.82) is 0 Å². The standard InChI is InChI=1S/C14H25N3O2/c15-12(17-19)14(8-4-1-5-9-14)13(18)16-10-11-6-2-3-7-11/h11,19H,1-10H2,(H2,15,17)(H,16,18). The van der Waals surface area contributed by atoms with Crippen LogP contribution in [-0.2, 0) is 4.79 Å². The lowest BCUT2D eigenvalue weighted by Crippen LogP contribution is -2.51. The van der Waals surface area contributed by atoms with E-state index in [2.05, 4.69) is 10.5 Å². The molecule has 0 aromatic heterocycles. The molecular weight excluding hydrogens is 242 g/mol. The van der Waals surface area contributed by atoms with Gasteiger partial charge in [0.25, 0.3) is 0 Å². The first kappa shape index (κ1) is 14.2. The van der Waals surface area contributed by atoms with E-state index in [1.54, 1.807) is 0 Å². The molecule has 0 aliphatic heterocycles. The number of carbonyl (C=O) groups is 1. The van der Waals surface area contributed by atoms with Gasteiger partial charge < -0.3 is 16.3 Å². The Balaban J connectivity index is 1.98. The summed E-state index contributed by atoms with van der Waals surface area (Å²) in [6.07, 6.45) is 9.39. The van der Waals surface area contributed by atoms with E-state index in [0.717, 1.165) is 25.8 Å². The van der Waals surface area contributed by atoms with Crippen molar-refractivity contribution in [2.75, 3.05) is 6.54 Å². The average molecular weight is 267 g/mol. The van der Waals surface area contributed by atoms with Crippen LogP contribution in [0.15, 0.2) is 5.16 Å². The summed E-state index contributed by atoms with van der Waals surface area (Å²) in [5, 5.41) is 15.1. The number of nitrogens with two attached hydrogens (primary N) is 1. The maximum Gasteiger partial charge on any atom is 0.233 e. The van der Waals surface area contributed by atoms with Gasteiger partial charge >= 0.3 is 0 Å². The zero-order valence-electron chi connectivity index (χ0n) is 11.5. The van der Waals surface area contributed by atoms with Gasteiger partial charge in [-0.2, -0.15) is 0 Å². The van der Waals surface area contributed by atoms with E-state index in [4.69, 9.17) is 10.9 Å². The SMILES string of the molecule is NC(=NO)C1(C(=O)NCC2CCCC2)CCCCC1. The van der Waals surface area contributed by atoms with Crippen molar-refractivity contribution < 1.29 is 10.0 Å². The third-order valence-corrected chi connectivity index (χ3v) is 4.77. The maximum atomic E-state index is 12.5. The molecule has 2 rings (SSSR count). The molecule has 2 fully saturated rings. The summed E-state index contributed by atoms with van der Waals surface area (Å²) in [4.78, 5) is 12.5. The quantitative estimate of drug-likeness (QED) is 0.315. The van der Waals surface area contributed by atoms with E-state index in [-0.39, 0.29) is 11.7 Å². The summed E-state index contributed by atoms with van der Waals surface area (Å²) in [6, 6.07) is 0. The molecule has 0 bridgehead atoms. The van der Waals surface area contributed by atoms with Gasteiger partial charge in [0.2, 0.25) is 5.91 Å². The summed E-state index contributed by atoms with van der Waals surface area (Å²) in [5.74, 6) is 0.641. The molecule has 1 amide bonds. The van der Waals surface area contributed by atoms with E-state index < -0.39 is 5.41 Å². The molecule has 0 aromatic carbocycles. The van der Waals surface area contributed by atoms with Crippen molar-refractivity contribution in [3.05, 3.63) is 0 Å². The number of carbonyl (C=O) groups excluding carboxylic acids is 1. The van der Waals surface area contributed by atoms with Crippen LogP contribution in [0.1, 0.15) is 57.8 Å². The molecule has 2 aliphatic carbocycles. The van der Waals surface area contributed by atoms with Gasteiger partial charge in [-0.1, -0.05) is 37.3 Å². The molecule has 0 spiro atoms. The van der Waals surface area contributed by atoms with Crippen LogP contribution >= 0.6 is 0 Å². The van der Waals surface area contributed by atoms with Crippen LogP contribution in [0, 0.1) is 11.3 Å². The van der Waals surface area contributed by atoms with Gasteiger partial charge in [0.1, 0.15) is 5.41 Å². The molecule has 4 N–H and O–H groups in total. The van der Waals surface area contributed by atoms with Crippen LogP contribution in [0.2, 0.25) is 0 Å². The number of oxime groups is 1. The minimum atomic E-state index is -0.772. The molecule has 0 saturated heterocycles. The van der Waals surface area contributed by atoms with E-state index in [1.807, 2.05) is 0 Å². The van der Waals surface area contributed by atoms with Crippen molar-refractivity contribution >= 4 is 11.7 Å². The van der Waals surface area contributed by atoms with E-state index in [0.29, 0.717) is 18.8 Å². The molecule has 0 heterocycles. The number of hydrogen-bond acceptors (Lipinski definition) is 3. The third-order valence-electron chi connectivity index (χ3n) is 4.77. The number of nitrogens with one attached hydrogen (secondary N) is 1. The van der Waals surface area contributed by atoms with E-state index in [9.17, 15) is 4.79 Å². The lowest BCUT2D eigenvalue weighted by molar-refractivity contribution is -0.129. The fourth-order valence-electron chi connectivity index (χ4n) is 3.47. The molecule has 0 radical (unpaired) electrons. The summed E-state index contributed by atoms with van der Waals surface area (Å²) in [6.45, 7) is 0.735. The highest BCUT2D eigenvalue weighted by atomic mass is 16.4. The second kappa shape index (κ2) is 6.26. The Labute approximate surface area is 114 Å². The van der Waals surface area contributed by atoms with Gasteiger partial charge in [-0.15, -0.1) is 0 Å². The molecule has 5 heteroatoms. The first-order valence-electron chi connectivity index (χ1n) is 7.45. The highest BCUT2D eigenvalue weighted by Crippen LogP contribution is 2.37. The topological polar surface area (TPSA) is 87.7 Å². The normalized spacial score (nSPS) is 24.3. The molecule has 108 valence electrons. The zero-order valence-corrected chi connectivity index (χ0v) is 11.5. The minimum Gasteiger partial charge on any atom is -0.409 e. The second-order valence-corrected chi connectivity index (χ2v) is 5.99. The van der Waals surface area contributed by atoms with Gasteiger partial charge in [-0.3, -0.25) is 4.79 Å². The Morgan fingerprint density at radius 1 is 1.21 bits per heavy atom. The Bertz CT molecular complexity index is 343. The van der Waals surface area contributed by atoms with Crippen molar-refractivity contribution in [2.24, 2.45) is 22.2 Å². The predicted octanol–water partition coefficient (Wildman–Crippen LogP) is 1.99. The average Bonchev–Trinajstić information content (AvgIpc) is 2.97. The highest BCUT2D eigenvalue weighted by molar-refractivity contribution is 6.06. The lowest BCUT2D eigenvalue weighted by atomic mass is 9.72. The summed E-state index contributed by atoms with van der Waals surface area (Å²) < 4.78 is 0. The monoisotopic (exact) mass is 267 g/mol. The first-order valence-corrected chi connectivity index (χ1v) is 7.45. The van der Waals surface area contributed by atoms with E-state index in [1.165, 1.54) is 25.7 Å². The van der Waals surface area contributed by atoms with Crippen molar-refractivity contribution in [1.82, 2.24) is 5.32 Å².